The van der Waals surface area contributed by atoms with E-state index in [-0.39, 0.29) is 34.0 Å². The molecule has 0 aromatic heterocycles. The lowest BCUT2D eigenvalue weighted by atomic mass is 10.2. The fraction of sp³-hybridized carbons (Fsp3) is 0. The number of carbonyl (C=O) groups is 2. The van der Waals surface area contributed by atoms with Gasteiger partial charge in [0.2, 0.25) is 0 Å². The van der Waals surface area contributed by atoms with Gasteiger partial charge < -0.3 is 10.2 Å². The molecule has 0 aliphatic heterocycles. The molecule has 0 aliphatic carbocycles. The molecule has 14 nitrogen and oxygen atoms in total. The largest absolute Gasteiger partial charge is 0.507 e. The second-order valence-electron chi connectivity index (χ2n) is 5.40. The molecule has 0 fully saturated rings. The van der Waals surface area contributed by atoms with E-state index in [1.54, 1.807) is 0 Å². The lowest BCUT2D eigenvalue weighted by Gasteiger charge is -2.01. The van der Waals surface area contributed by atoms with Gasteiger partial charge in [0.15, 0.2) is 0 Å². The van der Waals surface area contributed by atoms with Crippen LogP contribution in [0.25, 0.3) is 0 Å². The molecule has 30 heavy (non-hydrogen) atoms. The van der Waals surface area contributed by atoms with Gasteiger partial charge in [0.1, 0.15) is 11.5 Å². The highest BCUT2D eigenvalue weighted by Gasteiger charge is 2.13. The van der Waals surface area contributed by atoms with E-state index in [1.807, 2.05) is 10.9 Å². The van der Waals surface area contributed by atoms with Gasteiger partial charge in [-0.2, -0.15) is 10.2 Å². The zero-order valence-corrected chi connectivity index (χ0v) is 14.8. The normalized spacial score (nSPS) is 10.8. The van der Waals surface area contributed by atoms with Crippen molar-refractivity contribution in [1.82, 2.24) is 10.9 Å². The minimum atomic E-state index is -1.27. The molecule has 2 amide bonds. The van der Waals surface area contributed by atoms with Crippen LogP contribution in [0.2, 0.25) is 0 Å². The molecule has 0 saturated carbocycles. The summed E-state index contributed by atoms with van der Waals surface area (Å²) >= 11 is 0. The molecule has 0 bridgehead atoms. The molecule has 0 unspecified atom stereocenters. The molecule has 2 rings (SSSR count). The van der Waals surface area contributed by atoms with Gasteiger partial charge in [-0.15, -0.1) is 0 Å². The third kappa shape index (κ3) is 5.56. The number of nitro benzene ring substituents is 2. The molecule has 4 N–H and O–H groups in total. The molecule has 0 heterocycles. The number of hydrogen-bond acceptors (Lipinski definition) is 10. The van der Waals surface area contributed by atoms with Gasteiger partial charge in [-0.25, -0.2) is 10.9 Å². The summed E-state index contributed by atoms with van der Waals surface area (Å²) in [7, 11) is 0. The average Bonchev–Trinajstić information content (AvgIpc) is 2.70. The first-order valence-electron chi connectivity index (χ1n) is 7.80. The number of phenolic OH excluding ortho intramolecular Hbond substituents is 2. The van der Waals surface area contributed by atoms with Crippen LogP contribution in [0.1, 0.15) is 11.1 Å². The number of hydrazone groups is 2. The number of rotatable bonds is 6. The van der Waals surface area contributed by atoms with Crippen LogP contribution in [0.3, 0.4) is 0 Å². The molecule has 0 spiro atoms. The number of hydrogen-bond donors (Lipinski definition) is 4. The van der Waals surface area contributed by atoms with E-state index in [9.17, 15) is 40.0 Å². The van der Waals surface area contributed by atoms with E-state index >= 15 is 0 Å². The topological polar surface area (TPSA) is 210 Å². The predicted octanol–water partition coefficient (Wildman–Crippen LogP) is 0.515. The van der Waals surface area contributed by atoms with Gasteiger partial charge >= 0.3 is 11.8 Å². The summed E-state index contributed by atoms with van der Waals surface area (Å²) in [4.78, 5) is 43.3. The van der Waals surface area contributed by atoms with Gasteiger partial charge in [0, 0.05) is 35.4 Å². The van der Waals surface area contributed by atoms with E-state index in [0.29, 0.717) is 0 Å². The van der Waals surface area contributed by atoms with Gasteiger partial charge in [-0.3, -0.25) is 29.8 Å². The van der Waals surface area contributed by atoms with E-state index in [0.717, 1.165) is 48.8 Å². The molecule has 2 aromatic rings. The Morgan fingerprint density at radius 2 is 1.17 bits per heavy atom. The SMILES string of the molecule is O=C(NN=Cc1cc([N+](=O)[O-])ccc1O)C(=O)NN=Cc1cc([N+](=O)[O-])ccc1O. The third-order valence-corrected chi connectivity index (χ3v) is 3.39. The molecule has 0 aliphatic rings. The van der Waals surface area contributed by atoms with Gasteiger partial charge in [0.05, 0.1) is 22.3 Å². The molecular weight excluding hydrogens is 404 g/mol. The molecule has 0 radical (unpaired) electrons. The van der Waals surface area contributed by atoms with Crippen molar-refractivity contribution in [2.45, 2.75) is 0 Å². The monoisotopic (exact) mass is 416 g/mol. The quantitative estimate of drug-likeness (QED) is 0.225. The number of non-ortho nitro benzene ring substituents is 2. The maximum atomic E-state index is 11.6. The highest BCUT2D eigenvalue weighted by atomic mass is 16.6. The number of nitro groups is 2. The Bertz CT molecular complexity index is 996. The first kappa shape index (κ1) is 21.4. The maximum absolute atomic E-state index is 11.6. The molecule has 2 aromatic carbocycles. The molecule has 154 valence electrons. The minimum Gasteiger partial charge on any atom is -0.507 e. The Morgan fingerprint density at radius 3 is 1.50 bits per heavy atom. The van der Waals surface area contributed by atoms with Crippen molar-refractivity contribution in [3.8, 4) is 11.5 Å². The van der Waals surface area contributed by atoms with Crippen LogP contribution >= 0.6 is 0 Å². The Kier molecular flexibility index (Phi) is 6.68. The van der Waals surface area contributed by atoms with E-state index < -0.39 is 21.7 Å². The number of phenols is 2. The van der Waals surface area contributed by atoms with Crippen molar-refractivity contribution in [1.29, 1.82) is 0 Å². The number of amides is 2. The summed E-state index contributed by atoms with van der Waals surface area (Å²) in [5.41, 5.74) is 2.83. The highest BCUT2D eigenvalue weighted by molar-refractivity contribution is 6.35. The molecule has 0 atom stereocenters. The first-order chi connectivity index (χ1) is 14.2. The van der Waals surface area contributed by atoms with Gasteiger partial charge in [-0.1, -0.05) is 0 Å². The smallest absolute Gasteiger partial charge is 0.331 e. The van der Waals surface area contributed by atoms with Crippen LogP contribution in [-0.4, -0.2) is 44.3 Å². The van der Waals surface area contributed by atoms with Crippen LogP contribution in [-0.2, 0) is 9.59 Å². The Labute approximate surface area is 166 Å². The van der Waals surface area contributed by atoms with Crippen molar-refractivity contribution in [3.63, 3.8) is 0 Å². The zero-order valence-electron chi connectivity index (χ0n) is 14.8. The number of nitrogens with zero attached hydrogens (tertiary/aromatic N) is 4. The fourth-order valence-electron chi connectivity index (χ4n) is 1.94. The van der Waals surface area contributed by atoms with Crippen molar-refractivity contribution in [3.05, 3.63) is 67.8 Å². The average molecular weight is 416 g/mol. The Morgan fingerprint density at radius 1 is 0.800 bits per heavy atom. The Balaban J connectivity index is 1.97. The minimum absolute atomic E-state index is 0.0796. The lowest BCUT2D eigenvalue weighted by molar-refractivity contribution is -0.385. The van der Waals surface area contributed by atoms with E-state index in [4.69, 9.17) is 0 Å². The second-order valence-corrected chi connectivity index (χ2v) is 5.40. The lowest BCUT2D eigenvalue weighted by Crippen LogP contribution is -2.35. The van der Waals surface area contributed by atoms with Crippen molar-refractivity contribution < 1.29 is 29.6 Å². The predicted molar refractivity (Wildman–Crippen MR) is 101 cm³/mol. The summed E-state index contributed by atoms with van der Waals surface area (Å²) in [5, 5.41) is 47.4. The summed E-state index contributed by atoms with van der Waals surface area (Å²) < 4.78 is 0. The third-order valence-electron chi connectivity index (χ3n) is 3.39. The summed E-state index contributed by atoms with van der Waals surface area (Å²) in [6, 6.07) is 6.26. The summed E-state index contributed by atoms with van der Waals surface area (Å²) in [5.74, 6) is -3.22. The van der Waals surface area contributed by atoms with Crippen molar-refractivity contribution in [2.75, 3.05) is 0 Å². The number of aromatic hydroxyl groups is 2. The number of carbonyl (C=O) groups excluding carboxylic acids is 2. The highest BCUT2D eigenvalue weighted by Crippen LogP contribution is 2.22. The van der Waals surface area contributed by atoms with E-state index in [2.05, 4.69) is 10.2 Å². The number of benzene rings is 2. The molecular formula is C16H12N6O8. The van der Waals surface area contributed by atoms with Gasteiger partial charge in [-0.05, 0) is 12.1 Å². The Hall–Kier alpha value is -4.88. The van der Waals surface area contributed by atoms with Crippen LogP contribution in [0.5, 0.6) is 11.5 Å². The first-order valence-corrected chi connectivity index (χ1v) is 7.80. The zero-order chi connectivity index (χ0) is 22.3. The fourth-order valence-corrected chi connectivity index (χ4v) is 1.94. The van der Waals surface area contributed by atoms with E-state index in [1.165, 1.54) is 0 Å². The van der Waals surface area contributed by atoms with Crippen LogP contribution in [0, 0.1) is 20.2 Å². The molecule has 14 heteroatoms. The van der Waals surface area contributed by atoms with Crippen LogP contribution in [0.15, 0.2) is 46.6 Å². The van der Waals surface area contributed by atoms with Gasteiger partial charge in [0.25, 0.3) is 11.4 Å². The van der Waals surface area contributed by atoms with Crippen molar-refractivity contribution >= 4 is 35.6 Å². The molecule has 0 saturated heterocycles. The van der Waals surface area contributed by atoms with Crippen molar-refractivity contribution in [2.24, 2.45) is 10.2 Å². The summed E-state index contributed by atoms with van der Waals surface area (Å²) in [6.07, 6.45) is 1.77. The second kappa shape index (κ2) is 9.36. The maximum Gasteiger partial charge on any atom is 0.331 e. The standard InChI is InChI=1S/C16H12N6O8/c23-13-3-1-11(21(27)28)5-9(13)7-17-19-15(25)16(26)20-18-8-10-6-12(22(29)30)2-4-14(10)24/h1-8,23-24H,(H,19,25)(H,20,26). The van der Waals surface area contributed by atoms with Crippen LogP contribution < -0.4 is 10.9 Å². The number of nitrogens with one attached hydrogen (secondary N) is 2. The van der Waals surface area contributed by atoms with Crippen LogP contribution in [0.4, 0.5) is 11.4 Å². The summed E-state index contributed by atoms with van der Waals surface area (Å²) in [6.45, 7) is 0.